The molecule has 4 aromatic carbocycles. The average molecular weight is 591 g/mol. The van der Waals surface area contributed by atoms with Gasteiger partial charge in [-0.2, -0.15) is 5.10 Å². The topological polar surface area (TPSA) is 44.9 Å². The van der Waals surface area contributed by atoms with Crippen LogP contribution in [0.5, 0.6) is 11.5 Å². The molecule has 5 heteroatoms. The Kier molecular flexibility index (Phi) is 7.46. The molecule has 3 aromatic heterocycles. The second kappa shape index (κ2) is 11.7. The second-order valence-electron chi connectivity index (χ2n) is 12.2. The minimum absolute atomic E-state index is 0.282. The molecule has 7 rings (SSSR count). The SMILES string of the molecule is CCC(C)c1c(-c2ccccc2)c(C(C)C)nn1-c1cccc(Oc2ccc3c4ccccc4n(-c4cc(C)ccn4)c3c2)c1. The largest absolute Gasteiger partial charge is 0.457 e. The molecule has 0 bridgehead atoms. The minimum Gasteiger partial charge on any atom is -0.457 e. The zero-order valence-electron chi connectivity index (χ0n) is 26.5. The summed E-state index contributed by atoms with van der Waals surface area (Å²) in [5.41, 5.74) is 9.15. The molecule has 1 atom stereocenters. The van der Waals surface area contributed by atoms with Gasteiger partial charge in [-0.15, -0.1) is 0 Å². The van der Waals surface area contributed by atoms with Crippen LogP contribution in [0.15, 0.2) is 115 Å². The molecule has 224 valence electrons. The Morgan fingerprint density at radius 3 is 2.27 bits per heavy atom. The second-order valence-corrected chi connectivity index (χ2v) is 12.2. The fourth-order valence-electron chi connectivity index (χ4n) is 6.32. The Hall–Kier alpha value is -5.16. The van der Waals surface area contributed by atoms with E-state index in [0.717, 1.165) is 46.2 Å². The van der Waals surface area contributed by atoms with Crippen molar-refractivity contribution in [1.29, 1.82) is 0 Å². The van der Waals surface area contributed by atoms with E-state index in [1.54, 1.807) is 0 Å². The first kappa shape index (κ1) is 28.6. The zero-order valence-corrected chi connectivity index (χ0v) is 26.5. The Morgan fingerprint density at radius 2 is 1.49 bits per heavy atom. The number of nitrogens with zero attached hydrogens (tertiary/aromatic N) is 4. The summed E-state index contributed by atoms with van der Waals surface area (Å²) in [6.45, 7) is 11.1. The molecule has 0 saturated heterocycles. The van der Waals surface area contributed by atoms with E-state index in [-0.39, 0.29) is 5.92 Å². The highest BCUT2D eigenvalue weighted by molar-refractivity contribution is 6.09. The van der Waals surface area contributed by atoms with Gasteiger partial charge >= 0.3 is 0 Å². The minimum atomic E-state index is 0.282. The fraction of sp³-hybridized carbons (Fsp3) is 0.200. The molecule has 0 aliphatic rings. The van der Waals surface area contributed by atoms with E-state index in [9.17, 15) is 0 Å². The average Bonchev–Trinajstić information content (AvgIpc) is 3.62. The molecular weight excluding hydrogens is 552 g/mol. The van der Waals surface area contributed by atoms with Crippen LogP contribution in [-0.2, 0) is 0 Å². The molecule has 1 unspecified atom stereocenters. The summed E-state index contributed by atoms with van der Waals surface area (Å²) in [5.74, 6) is 3.04. The maximum absolute atomic E-state index is 6.58. The van der Waals surface area contributed by atoms with Crippen LogP contribution >= 0.6 is 0 Å². The molecule has 5 nitrogen and oxygen atoms in total. The number of rotatable bonds is 8. The van der Waals surface area contributed by atoms with Crippen LogP contribution in [0.2, 0.25) is 0 Å². The summed E-state index contributed by atoms with van der Waals surface area (Å²) in [6, 6.07) is 37.9. The number of aromatic nitrogens is 4. The van der Waals surface area contributed by atoms with Gasteiger partial charge < -0.3 is 4.74 Å². The highest BCUT2D eigenvalue weighted by Crippen LogP contribution is 2.39. The van der Waals surface area contributed by atoms with Crippen LogP contribution in [0.3, 0.4) is 0 Å². The lowest BCUT2D eigenvalue weighted by molar-refractivity contribution is 0.482. The summed E-state index contributed by atoms with van der Waals surface area (Å²) in [4.78, 5) is 4.73. The van der Waals surface area contributed by atoms with Crippen LogP contribution in [0.4, 0.5) is 0 Å². The zero-order chi connectivity index (χ0) is 31.1. The molecule has 0 radical (unpaired) electrons. The Bertz CT molecular complexity index is 2140. The van der Waals surface area contributed by atoms with Crippen LogP contribution in [-0.4, -0.2) is 19.3 Å². The summed E-state index contributed by atoms with van der Waals surface area (Å²) in [5, 5.41) is 7.60. The molecule has 0 aliphatic heterocycles. The smallest absolute Gasteiger partial charge is 0.137 e. The van der Waals surface area contributed by atoms with Crippen LogP contribution in [0.1, 0.15) is 62.9 Å². The van der Waals surface area contributed by atoms with E-state index in [0.29, 0.717) is 5.92 Å². The van der Waals surface area contributed by atoms with Gasteiger partial charge in [0.15, 0.2) is 0 Å². The van der Waals surface area contributed by atoms with Crippen LogP contribution in [0, 0.1) is 6.92 Å². The van der Waals surface area contributed by atoms with E-state index >= 15 is 0 Å². The van der Waals surface area contributed by atoms with Crippen molar-refractivity contribution in [2.75, 3.05) is 0 Å². The summed E-state index contributed by atoms with van der Waals surface area (Å²) >= 11 is 0. The summed E-state index contributed by atoms with van der Waals surface area (Å²) < 4.78 is 10.9. The molecular formula is C40H38N4O. The number of aryl methyl sites for hydroxylation is 1. The van der Waals surface area contributed by atoms with Gasteiger partial charge in [-0.3, -0.25) is 4.57 Å². The predicted octanol–water partition coefficient (Wildman–Crippen LogP) is 10.8. The molecule has 7 aromatic rings. The number of para-hydroxylation sites is 1. The third kappa shape index (κ3) is 5.18. The van der Waals surface area contributed by atoms with Crippen molar-refractivity contribution in [1.82, 2.24) is 19.3 Å². The lowest BCUT2D eigenvalue weighted by Gasteiger charge is -2.16. The molecule has 0 spiro atoms. The number of ether oxygens (including phenoxy) is 1. The first-order chi connectivity index (χ1) is 21.9. The van der Waals surface area contributed by atoms with E-state index in [4.69, 9.17) is 14.8 Å². The molecule has 3 heterocycles. The van der Waals surface area contributed by atoms with Crippen molar-refractivity contribution in [2.24, 2.45) is 0 Å². The highest BCUT2D eigenvalue weighted by Gasteiger charge is 2.25. The van der Waals surface area contributed by atoms with Crippen molar-refractivity contribution in [3.05, 3.63) is 132 Å². The highest BCUT2D eigenvalue weighted by atomic mass is 16.5. The fourth-order valence-corrected chi connectivity index (χ4v) is 6.32. The van der Waals surface area contributed by atoms with E-state index in [1.807, 2.05) is 18.3 Å². The molecule has 0 saturated carbocycles. The van der Waals surface area contributed by atoms with E-state index in [1.165, 1.54) is 33.2 Å². The van der Waals surface area contributed by atoms with Gasteiger partial charge in [0.05, 0.1) is 28.1 Å². The summed E-state index contributed by atoms with van der Waals surface area (Å²) in [6.07, 6.45) is 2.89. The molecule has 0 amide bonds. The molecule has 0 aliphatic carbocycles. The van der Waals surface area contributed by atoms with Crippen molar-refractivity contribution in [3.63, 3.8) is 0 Å². The van der Waals surface area contributed by atoms with Gasteiger partial charge in [0.25, 0.3) is 0 Å². The Morgan fingerprint density at radius 1 is 0.733 bits per heavy atom. The maximum atomic E-state index is 6.58. The van der Waals surface area contributed by atoms with Gasteiger partial charge in [0.2, 0.25) is 0 Å². The van der Waals surface area contributed by atoms with Gasteiger partial charge in [-0.1, -0.05) is 82.3 Å². The van der Waals surface area contributed by atoms with Gasteiger partial charge in [0, 0.05) is 34.7 Å². The van der Waals surface area contributed by atoms with Crippen LogP contribution in [0.25, 0.3) is 44.4 Å². The monoisotopic (exact) mass is 590 g/mol. The predicted molar refractivity (Wildman–Crippen MR) is 185 cm³/mol. The number of fused-ring (bicyclic) bond motifs is 3. The third-order valence-electron chi connectivity index (χ3n) is 8.71. The molecule has 0 fully saturated rings. The van der Waals surface area contributed by atoms with Crippen molar-refractivity contribution in [2.45, 2.75) is 52.9 Å². The lowest BCUT2D eigenvalue weighted by Crippen LogP contribution is -2.06. The standard InChI is InChI=1S/C40H38N4O/c1-6-28(5)40-38(29-13-8-7-9-14-29)39(26(2)3)42-44(40)30-15-12-16-31(24-30)45-32-19-20-34-33-17-10-11-18-35(33)43(36(34)25-32)37-23-27(4)21-22-41-37/h7-26,28H,6H2,1-5H3. The van der Waals surface area contributed by atoms with Gasteiger partial charge in [-0.05, 0) is 78.8 Å². The third-order valence-corrected chi connectivity index (χ3v) is 8.71. The first-order valence-corrected chi connectivity index (χ1v) is 15.9. The number of hydrogen-bond donors (Lipinski definition) is 0. The van der Waals surface area contributed by atoms with E-state index < -0.39 is 0 Å². The van der Waals surface area contributed by atoms with Crippen molar-refractivity contribution >= 4 is 21.8 Å². The summed E-state index contributed by atoms with van der Waals surface area (Å²) in [7, 11) is 0. The number of pyridine rings is 1. The van der Waals surface area contributed by atoms with Crippen molar-refractivity contribution in [3.8, 4) is 34.1 Å². The Balaban J connectivity index is 1.33. The number of hydrogen-bond acceptors (Lipinski definition) is 3. The van der Waals surface area contributed by atoms with Gasteiger partial charge in [-0.25, -0.2) is 9.67 Å². The van der Waals surface area contributed by atoms with Crippen molar-refractivity contribution < 1.29 is 4.74 Å². The molecule has 45 heavy (non-hydrogen) atoms. The van der Waals surface area contributed by atoms with Gasteiger partial charge in [0.1, 0.15) is 17.3 Å². The normalized spacial score (nSPS) is 12.3. The van der Waals surface area contributed by atoms with E-state index in [2.05, 4.69) is 141 Å². The maximum Gasteiger partial charge on any atom is 0.137 e. The van der Waals surface area contributed by atoms with Crippen LogP contribution < -0.4 is 4.74 Å². The molecule has 0 N–H and O–H groups in total. The Labute approximate surface area is 264 Å². The lowest BCUT2D eigenvalue weighted by atomic mass is 9.91. The first-order valence-electron chi connectivity index (χ1n) is 15.9. The quantitative estimate of drug-likeness (QED) is 0.177. The number of benzene rings is 4.